The van der Waals surface area contributed by atoms with E-state index in [9.17, 15) is 4.79 Å². The summed E-state index contributed by atoms with van der Waals surface area (Å²) in [6, 6.07) is 7.18. The maximum absolute atomic E-state index is 12.3. The predicted octanol–water partition coefficient (Wildman–Crippen LogP) is 3.22. The number of furan rings is 1. The number of rotatable bonds is 6. The number of Topliss-reactive ketones (excluding diaryl/α,β-unsaturated/α-hetero) is 1. The molecule has 1 atom stereocenters. The van der Waals surface area contributed by atoms with Gasteiger partial charge in [-0.2, -0.15) is 0 Å². The highest BCUT2D eigenvalue weighted by atomic mass is 35.5. The van der Waals surface area contributed by atoms with Gasteiger partial charge in [0.1, 0.15) is 5.58 Å². The summed E-state index contributed by atoms with van der Waals surface area (Å²) in [5.41, 5.74) is 1.40. The largest absolute Gasteiger partial charge is 0.464 e. The third kappa shape index (κ3) is 2.74. The number of benzene rings is 1. The summed E-state index contributed by atoms with van der Waals surface area (Å²) in [4.78, 5) is 12.3. The Bertz CT molecular complexity index is 529. The number of halogens is 1. The standard InChI is InChI=1S/C14H16ClNO2/c1-2-16-12(5-7-15)14(17)11-4-3-10-6-8-18-13(10)9-11/h3-4,6,8-9,12,16H,2,5,7H2,1H3. The molecule has 4 heteroatoms. The highest BCUT2D eigenvalue weighted by Gasteiger charge is 2.18. The van der Waals surface area contributed by atoms with Gasteiger partial charge in [0.05, 0.1) is 12.3 Å². The van der Waals surface area contributed by atoms with Crippen LogP contribution >= 0.6 is 11.6 Å². The number of hydrogen-bond acceptors (Lipinski definition) is 3. The van der Waals surface area contributed by atoms with E-state index in [0.717, 1.165) is 17.5 Å². The van der Waals surface area contributed by atoms with E-state index < -0.39 is 0 Å². The quantitative estimate of drug-likeness (QED) is 0.644. The highest BCUT2D eigenvalue weighted by molar-refractivity contribution is 6.18. The van der Waals surface area contributed by atoms with E-state index in [1.165, 1.54) is 0 Å². The molecule has 0 radical (unpaired) electrons. The van der Waals surface area contributed by atoms with Gasteiger partial charge in [0.15, 0.2) is 5.78 Å². The third-order valence-corrected chi connectivity index (χ3v) is 3.12. The van der Waals surface area contributed by atoms with Crippen LogP contribution in [0.5, 0.6) is 0 Å². The number of ketones is 1. The smallest absolute Gasteiger partial charge is 0.179 e. The number of hydrogen-bond donors (Lipinski definition) is 1. The normalized spacial score (nSPS) is 12.8. The summed E-state index contributed by atoms with van der Waals surface area (Å²) < 4.78 is 5.31. The van der Waals surface area contributed by atoms with E-state index >= 15 is 0 Å². The Morgan fingerprint density at radius 1 is 1.44 bits per heavy atom. The molecular weight excluding hydrogens is 250 g/mol. The first-order chi connectivity index (χ1) is 8.76. The van der Waals surface area contributed by atoms with Crippen LogP contribution in [0.2, 0.25) is 0 Å². The van der Waals surface area contributed by atoms with Crippen molar-refractivity contribution in [2.75, 3.05) is 12.4 Å². The van der Waals surface area contributed by atoms with Crippen molar-refractivity contribution in [3.05, 3.63) is 36.1 Å². The van der Waals surface area contributed by atoms with Gasteiger partial charge in [0.25, 0.3) is 0 Å². The van der Waals surface area contributed by atoms with Crippen LogP contribution in [0.3, 0.4) is 0 Å². The molecule has 0 amide bonds. The van der Waals surface area contributed by atoms with E-state index in [4.69, 9.17) is 16.0 Å². The monoisotopic (exact) mass is 265 g/mol. The van der Waals surface area contributed by atoms with Gasteiger partial charge in [-0.05, 0) is 25.1 Å². The molecule has 0 aliphatic rings. The van der Waals surface area contributed by atoms with Crippen LogP contribution < -0.4 is 5.32 Å². The predicted molar refractivity (Wildman–Crippen MR) is 73.3 cm³/mol. The average molecular weight is 266 g/mol. The Kier molecular flexibility index (Phi) is 4.39. The summed E-state index contributed by atoms with van der Waals surface area (Å²) in [7, 11) is 0. The van der Waals surface area contributed by atoms with Crippen molar-refractivity contribution in [2.45, 2.75) is 19.4 Å². The summed E-state index contributed by atoms with van der Waals surface area (Å²) in [6.45, 7) is 2.72. The first-order valence-corrected chi connectivity index (χ1v) is 6.60. The Morgan fingerprint density at radius 2 is 2.28 bits per heavy atom. The van der Waals surface area contributed by atoms with Gasteiger partial charge in [0.2, 0.25) is 0 Å². The number of carbonyl (C=O) groups excluding carboxylic acids is 1. The van der Waals surface area contributed by atoms with Gasteiger partial charge >= 0.3 is 0 Å². The fraction of sp³-hybridized carbons (Fsp3) is 0.357. The molecule has 18 heavy (non-hydrogen) atoms. The lowest BCUT2D eigenvalue weighted by Crippen LogP contribution is -2.37. The van der Waals surface area contributed by atoms with Crippen LogP contribution in [0.1, 0.15) is 23.7 Å². The Balaban J connectivity index is 2.24. The fourth-order valence-corrected chi connectivity index (χ4v) is 2.21. The minimum atomic E-state index is -0.222. The molecule has 1 heterocycles. The molecule has 0 aliphatic carbocycles. The van der Waals surface area contributed by atoms with E-state index in [2.05, 4.69) is 5.32 Å². The van der Waals surface area contributed by atoms with Crippen molar-refractivity contribution in [1.82, 2.24) is 5.32 Å². The van der Waals surface area contributed by atoms with Crippen LogP contribution in [0.4, 0.5) is 0 Å². The highest BCUT2D eigenvalue weighted by Crippen LogP contribution is 2.18. The van der Waals surface area contributed by atoms with Gasteiger partial charge in [-0.15, -0.1) is 11.6 Å². The summed E-state index contributed by atoms with van der Waals surface area (Å²) in [5.74, 6) is 0.530. The van der Waals surface area contributed by atoms with Crippen molar-refractivity contribution < 1.29 is 9.21 Å². The van der Waals surface area contributed by atoms with Crippen molar-refractivity contribution in [3.63, 3.8) is 0 Å². The molecule has 3 nitrogen and oxygen atoms in total. The van der Waals surface area contributed by atoms with Crippen LogP contribution in [-0.4, -0.2) is 24.2 Å². The Labute approximate surface area is 111 Å². The van der Waals surface area contributed by atoms with Crippen molar-refractivity contribution >= 4 is 28.4 Å². The molecule has 0 spiro atoms. The number of nitrogens with one attached hydrogen (secondary N) is 1. The number of carbonyl (C=O) groups is 1. The van der Waals surface area contributed by atoms with Crippen molar-refractivity contribution in [3.8, 4) is 0 Å². The molecule has 2 rings (SSSR count). The zero-order chi connectivity index (χ0) is 13.0. The molecule has 0 saturated heterocycles. The fourth-order valence-electron chi connectivity index (χ4n) is 1.99. The lowest BCUT2D eigenvalue weighted by molar-refractivity contribution is 0.0942. The number of alkyl halides is 1. The van der Waals surface area contributed by atoms with Crippen molar-refractivity contribution in [2.24, 2.45) is 0 Å². The van der Waals surface area contributed by atoms with E-state index in [-0.39, 0.29) is 11.8 Å². The average Bonchev–Trinajstić information content (AvgIpc) is 2.84. The van der Waals surface area contributed by atoms with E-state index in [1.807, 2.05) is 25.1 Å². The molecule has 0 fully saturated rings. The molecule has 2 aromatic rings. The minimum Gasteiger partial charge on any atom is -0.464 e. The maximum atomic E-state index is 12.3. The molecule has 0 aliphatic heterocycles. The Morgan fingerprint density at radius 3 is 3.00 bits per heavy atom. The first kappa shape index (κ1) is 13.1. The second kappa shape index (κ2) is 6.03. The minimum absolute atomic E-state index is 0.0656. The maximum Gasteiger partial charge on any atom is 0.179 e. The molecule has 1 aromatic carbocycles. The van der Waals surface area contributed by atoms with Gasteiger partial charge in [-0.1, -0.05) is 19.1 Å². The molecule has 1 unspecified atom stereocenters. The summed E-state index contributed by atoms with van der Waals surface area (Å²) >= 11 is 5.73. The van der Waals surface area contributed by atoms with Gasteiger partial charge in [-0.3, -0.25) is 4.79 Å². The zero-order valence-electron chi connectivity index (χ0n) is 10.3. The van der Waals surface area contributed by atoms with Crippen LogP contribution in [0.25, 0.3) is 11.0 Å². The lowest BCUT2D eigenvalue weighted by Gasteiger charge is -2.15. The van der Waals surface area contributed by atoms with E-state index in [0.29, 0.717) is 17.9 Å². The topological polar surface area (TPSA) is 42.2 Å². The Hall–Kier alpha value is -1.32. The first-order valence-electron chi connectivity index (χ1n) is 6.07. The molecule has 0 saturated carbocycles. The lowest BCUT2D eigenvalue weighted by atomic mass is 10.0. The second-order valence-electron chi connectivity index (χ2n) is 4.13. The van der Waals surface area contributed by atoms with Gasteiger partial charge in [0, 0.05) is 16.8 Å². The van der Waals surface area contributed by atoms with Crippen LogP contribution in [0.15, 0.2) is 34.9 Å². The van der Waals surface area contributed by atoms with Crippen molar-refractivity contribution in [1.29, 1.82) is 0 Å². The summed E-state index contributed by atoms with van der Waals surface area (Å²) in [6.07, 6.45) is 2.25. The zero-order valence-corrected chi connectivity index (χ0v) is 11.0. The molecule has 1 N–H and O–H groups in total. The molecular formula is C14H16ClNO2. The van der Waals surface area contributed by atoms with E-state index in [1.54, 1.807) is 12.3 Å². The van der Waals surface area contributed by atoms with Crippen LogP contribution in [0, 0.1) is 0 Å². The van der Waals surface area contributed by atoms with Crippen LogP contribution in [-0.2, 0) is 0 Å². The second-order valence-corrected chi connectivity index (χ2v) is 4.50. The third-order valence-electron chi connectivity index (χ3n) is 2.91. The molecule has 0 bridgehead atoms. The SMILES string of the molecule is CCNC(CCCl)C(=O)c1ccc2ccoc2c1. The molecule has 96 valence electrons. The number of likely N-dealkylation sites (N-methyl/N-ethyl adjacent to an activating group) is 1. The van der Waals surface area contributed by atoms with Gasteiger partial charge < -0.3 is 9.73 Å². The summed E-state index contributed by atoms with van der Waals surface area (Å²) in [5, 5.41) is 4.16. The molecule has 1 aromatic heterocycles. The van der Waals surface area contributed by atoms with Gasteiger partial charge in [-0.25, -0.2) is 0 Å². The number of fused-ring (bicyclic) bond motifs is 1.